The van der Waals surface area contributed by atoms with E-state index in [0.29, 0.717) is 24.7 Å². The van der Waals surface area contributed by atoms with Crippen molar-refractivity contribution >= 4 is 5.84 Å². The Morgan fingerprint density at radius 1 is 1.67 bits per heavy atom. The van der Waals surface area contributed by atoms with Crippen molar-refractivity contribution < 1.29 is 9.62 Å². The first-order chi connectivity index (χ1) is 8.67. The van der Waals surface area contributed by atoms with Gasteiger partial charge in [0.1, 0.15) is 11.6 Å². The van der Waals surface area contributed by atoms with E-state index >= 15 is 0 Å². The number of aryl methyl sites for hydroxylation is 1. The van der Waals surface area contributed by atoms with Gasteiger partial charge in [-0.05, 0) is 18.3 Å². The lowest BCUT2D eigenvalue weighted by atomic mass is 10.0. The van der Waals surface area contributed by atoms with Crippen molar-refractivity contribution in [1.29, 1.82) is 0 Å². The molecule has 1 aromatic heterocycles. The Morgan fingerprint density at radius 2 is 2.44 bits per heavy atom. The van der Waals surface area contributed by atoms with E-state index in [-0.39, 0.29) is 5.41 Å². The third-order valence-corrected chi connectivity index (χ3v) is 3.37. The fourth-order valence-electron chi connectivity index (χ4n) is 2.04. The number of amidine groups is 1. The summed E-state index contributed by atoms with van der Waals surface area (Å²) in [5.74, 6) is 1.93. The maximum atomic E-state index is 8.58. The minimum Gasteiger partial charge on any atom is -0.444 e. The summed E-state index contributed by atoms with van der Waals surface area (Å²) in [7, 11) is 0. The summed E-state index contributed by atoms with van der Waals surface area (Å²) in [6.07, 6.45) is 5.49. The van der Waals surface area contributed by atoms with E-state index in [4.69, 9.17) is 15.4 Å². The van der Waals surface area contributed by atoms with E-state index in [2.05, 4.69) is 15.5 Å². The highest BCUT2D eigenvalue weighted by atomic mass is 16.4. The molecule has 0 aliphatic heterocycles. The maximum absolute atomic E-state index is 8.58. The third kappa shape index (κ3) is 3.22. The summed E-state index contributed by atoms with van der Waals surface area (Å²) < 4.78 is 5.51. The zero-order chi connectivity index (χ0) is 13.0. The molecular weight excluding hydrogens is 232 g/mol. The molecule has 0 atom stereocenters. The van der Waals surface area contributed by atoms with Crippen LogP contribution in [-0.4, -0.2) is 22.6 Å². The Bertz CT molecular complexity index is 423. The van der Waals surface area contributed by atoms with Gasteiger partial charge in [0.25, 0.3) is 0 Å². The largest absolute Gasteiger partial charge is 0.444 e. The highest BCUT2D eigenvalue weighted by Crippen LogP contribution is 2.48. The average molecular weight is 252 g/mol. The lowest BCUT2D eigenvalue weighted by Crippen LogP contribution is -2.28. The first-order valence-corrected chi connectivity index (χ1v) is 6.28. The summed E-state index contributed by atoms with van der Waals surface area (Å²) in [4.78, 5) is 4.19. The second kappa shape index (κ2) is 5.39. The third-order valence-electron chi connectivity index (χ3n) is 3.37. The molecule has 1 heterocycles. The van der Waals surface area contributed by atoms with Gasteiger partial charge in [-0.25, -0.2) is 4.98 Å². The van der Waals surface area contributed by atoms with Crippen LogP contribution in [-0.2, 0) is 13.0 Å². The number of aromatic nitrogens is 1. The zero-order valence-electron chi connectivity index (χ0n) is 10.6. The normalized spacial score (nSPS) is 17.9. The van der Waals surface area contributed by atoms with E-state index in [9.17, 15) is 0 Å². The maximum Gasteiger partial charge on any atom is 0.208 e. The van der Waals surface area contributed by atoms with Gasteiger partial charge in [-0.1, -0.05) is 12.1 Å². The predicted molar refractivity (Wildman–Crippen MR) is 67.3 cm³/mol. The predicted octanol–water partition coefficient (Wildman–Crippen LogP) is 1.24. The van der Waals surface area contributed by atoms with Crippen LogP contribution >= 0.6 is 0 Å². The summed E-state index contributed by atoms with van der Waals surface area (Å²) in [5.41, 5.74) is 5.71. The first-order valence-electron chi connectivity index (χ1n) is 6.28. The molecule has 0 amide bonds. The molecule has 1 aliphatic rings. The summed E-state index contributed by atoms with van der Waals surface area (Å²) in [6, 6.07) is 0. The van der Waals surface area contributed by atoms with Crippen LogP contribution < -0.4 is 11.1 Å². The highest BCUT2D eigenvalue weighted by molar-refractivity contribution is 5.80. The van der Waals surface area contributed by atoms with Crippen molar-refractivity contribution in [2.24, 2.45) is 16.3 Å². The van der Waals surface area contributed by atoms with Crippen LogP contribution in [0.2, 0.25) is 0 Å². The Hall–Kier alpha value is -1.56. The van der Waals surface area contributed by atoms with Crippen LogP contribution in [0.5, 0.6) is 0 Å². The Kier molecular flexibility index (Phi) is 3.86. The molecule has 0 spiro atoms. The van der Waals surface area contributed by atoms with Crippen LogP contribution in [0, 0.1) is 5.41 Å². The molecule has 100 valence electrons. The molecule has 18 heavy (non-hydrogen) atoms. The summed E-state index contributed by atoms with van der Waals surface area (Å²) >= 11 is 0. The topological polar surface area (TPSA) is 96.7 Å². The molecular formula is C12H20N4O2. The number of nitrogens with two attached hydrogens (primary N) is 1. The van der Waals surface area contributed by atoms with Crippen LogP contribution in [0.1, 0.15) is 37.8 Å². The molecule has 0 unspecified atom stereocenters. The van der Waals surface area contributed by atoms with Gasteiger partial charge in [-0.3, -0.25) is 0 Å². The standard InChI is InChI=1S/C12H20N4O2/c1-2-9-6-15-11(18-9)7-14-8-12(3-4-12)5-10(13)16-17/h6,14,17H,2-5,7-8H2,1H3,(H2,13,16). The molecule has 1 aromatic rings. The monoisotopic (exact) mass is 252 g/mol. The quantitative estimate of drug-likeness (QED) is 0.293. The fourth-order valence-corrected chi connectivity index (χ4v) is 2.04. The molecule has 2 rings (SSSR count). The van der Waals surface area contributed by atoms with Crippen molar-refractivity contribution in [1.82, 2.24) is 10.3 Å². The SMILES string of the molecule is CCc1cnc(CNCC2(CC(N)=NO)CC2)o1. The molecule has 6 heteroatoms. The van der Waals surface area contributed by atoms with Crippen molar-refractivity contribution in [3.63, 3.8) is 0 Å². The minimum atomic E-state index is 0.163. The van der Waals surface area contributed by atoms with Crippen LogP contribution in [0.15, 0.2) is 15.8 Å². The molecule has 1 saturated carbocycles. The molecule has 0 radical (unpaired) electrons. The van der Waals surface area contributed by atoms with Gasteiger partial charge in [0.05, 0.1) is 12.7 Å². The van der Waals surface area contributed by atoms with Crippen LogP contribution in [0.25, 0.3) is 0 Å². The Morgan fingerprint density at radius 3 is 3.00 bits per heavy atom. The van der Waals surface area contributed by atoms with Crippen LogP contribution in [0.4, 0.5) is 0 Å². The van der Waals surface area contributed by atoms with E-state index < -0.39 is 0 Å². The van der Waals surface area contributed by atoms with Gasteiger partial charge in [-0.15, -0.1) is 0 Å². The highest BCUT2D eigenvalue weighted by Gasteiger charge is 2.42. The van der Waals surface area contributed by atoms with Gasteiger partial charge in [0.2, 0.25) is 5.89 Å². The lowest BCUT2D eigenvalue weighted by Gasteiger charge is -2.14. The number of rotatable bonds is 7. The number of oxazole rings is 1. The van der Waals surface area contributed by atoms with Gasteiger partial charge >= 0.3 is 0 Å². The average Bonchev–Trinajstić information content (AvgIpc) is 2.97. The molecule has 0 saturated heterocycles. The van der Waals surface area contributed by atoms with Crippen LogP contribution in [0.3, 0.4) is 0 Å². The fraction of sp³-hybridized carbons (Fsp3) is 0.667. The molecule has 1 aliphatic carbocycles. The number of hydrogen-bond acceptors (Lipinski definition) is 5. The molecule has 0 aromatic carbocycles. The van der Waals surface area contributed by atoms with E-state index in [0.717, 1.165) is 31.6 Å². The second-order valence-corrected chi connectivity index (χ2v) is 4.95. The molecule has 1 fully saturated rings. The van der Waals surface area contributed by atoms with E-state index in [1.54, 1.807) is 6.20 Å². The molecule has 0 bridgehead atoms. The minimum absolute atomic E-state index is 0.163. The number of nitrogens with one attached hydrogen (secondary N) is 1. The van der Waals surface area contributed by atoms with Gasteiger partial charge < -0.3 is 20.7 Å². The van der Waals surface area contributed by atoms with E-state index in [1.807, 2.05) is 6.92 Å². The number of nitrogens with zero attached hydrogens (tertiary/aromatic N) is 2. The van der Waals surface area contributed by atoms with Crippen molar-refractivity contribution in [3.8, 4) is 0 Å². The Labute approximate surface area is 106 Å². The second-order valence-electron chi connectivity index (χ2n) is 4.95. The van der Waals surface area contributed by atoms with Crippen molar-refractivity contribution in [3.05, 3.63) is 17.8 Å². The Balaban J connectivity index is 1.75. The lowest BCUT2D eigenvalue weighted by molar-refractivity contribution is 0.313. The summed E-state index contributed by atoms with van der Waals surface area (Å²) in [6.45, 7) is 3.50. The molecule has 6 nitrogen and oxygen atoms in total. The number of hydrogen-bond donors (Lipinski definition) is 3. The smallest absolute Gasteiger partial charge is 0.208 e. The number of oxime groups is 1. The molecule has 4 N–H and O–H groups in total. The first kappa shape index (κ1) is 12.9. The van der Waals surface area contributed by atoms with Gasteiger partial charge in [0.15, 0.2) is 0 Å². The van der Waals surface area contributed by atoms with Gasteiger partial charge in [0, 0.05) is 19.4 Å². The summed E-state index contributed by atoms with van der Waals surface area (Å²) in [5, 5.41) is 14.9. The van der Waals surface area contributed by atoms with Crippen molar-refractivity contribution in [2.45, 2.75) is 39.2 Å². The zero-order valence-corrected chi connectivity index (χ0v) is 10.6. The van der Waals surface area contributed by atoms with Crippen molar-refractivity contribution in [2.75, 3.05) is 6.54 Å². The van der Waals surface area contributed by atoms with Gasteiger partial charge in [-0.2, -0.15) is 0 Å². The van der Waals surface area contributed by atoms with E-state index in [1.165, 1.54) is 0 Å².